The molecule has 0 spiro atoms. The van der Waals surface area contributed by atoms with Crippen molar-refractivity contribution in [1.82, 2.24) is 0 Å². The monoisotopic (exact) mass is 348 g/mol. The van der Waals surface area contributed by atoms with Crippen molar-refractivity contribution in [3.63, 3.8) is 0 Å². The molecular weight excluding hydrogens is 300 g/mol. The van der Waals surface area contributed by atoms with Gasteiger partial charge in [-0.1, -0.05) is 118 Å². The van der Waals surface area contributed by atoms with Crippen LogP contribution in [-0.2, 0) is 0 Å². The number of hydrogen-bond donors (Lipinski definition) is 0. The van der Waals surface area contributed by atoms with E-state index in [0.717, 1.165) is 24.7 Å². The molecule has 0 amide bonds. The van der Waals surface area contributed by atoms with Crippen LogP contribution in [-0.4, -0.2) is 0 Å². The first-order valence-corrected chi connectivity index (χ1v) is 11.7. The number of rotatable bonds is 17. The molecular formula is C25H48. The molecule has 148 valence electrons. The molecule has 0 rings (SSSR count). The Morgan fingerprint density at radius 2 is 0.960 bits per heavy atom. The van der Waals surface area contributed by atoms with Gasteiger partial charge in [-0.05, 0) is 18.3 Å². The lowest BCUT2D eigenvalue weighted by Gasteiger charge is -2.13. The summed E-state index contributed by atoms with van der Waals surface area (Å²) in [4.78, 5) is 0. The van der Waals surface area contributed by atoms with E-state index in [0.29, 0.717) is 0 Å². The van der Waals surface area contributed by atoms with Crippen molar-refractivity contribution in [2.75, 3.05) is 0 Å². The van der Waals surface area contributed by atoms with E-state index < -0.39 is 0 Å². The second-order valence-corrected chi connectivity index (χ2v) is 8.36. The smallest absolute Gasteiger partial charge is 0.00886 e. The first kappa shape index (κ1) is 24.6. The highest BCUT2D eigenvalue weighted by molar-refractivity contribution is 4.97. The van der Waals surface area contributed by atoms with E-state index in [1.54, 1.807) is 0 Å². The molecule has 25 heavy (non-hydrogen) atoms. The standard InChI is InChI=1S/C25H48/c1-5-7-9-11-13-15-17-21-25(4)23-19-18-22-24(3)20-16-14-12-10-8-6-2/h24-25H,5-6,8,10-23H2,1-4H3. The Morgan fingerprint density at radius 3 is 1.48 bits per heavy atom. The number of hydrogen-bond acceptors (Lipinski definition) is 0. The Balaban J connectivity index is 3.33. The van der Waals surface area contributed by atoms with Crippen molar-refractivity contribution < 1.29 is 0 Å². The third kappa shape index (κ3) is 19.7. The van der Waals surface area contributed by atoms with Crippen molar-refractivity contribution in [3.8, 4) is 11.8 Å². The summed E-state index contributed by atoms with van der Waals surface area (Å²) in [5, 5.41) is 0. The van der Waals surface area contributed by atoms with Crippen LogP contribution in [0.25, 0.3) is 0 Å². The van der Waals surface area contributed by atoms with Crippen LogP contribution < -0.4 is 0 Å². The average molecular weight is 349 g/mol. The molecule has 2 atom stereocenters. The molecule has 0 heteroatoms. The summed E-state index contributed by atoms with van der Waals surface area (Å²) in [6, 6.07) is 0. The van der Waals surface area contributed by atoms with Gasteiger partial charge in [-0.2, -0.15) is 0 Å². The van der Waals surface area contributed by atoms with Gasteiger partial charge in [0.15, 0.2) is 0 Å². The second-order valence-electron chi connectivity index (χ2n) is 8.36. The molecule has 0 aliphatic rings. The van der Waals surface area contributed by atoms with Gasteiger partial charge in [0.05, 0.1) is 0 Å². The van der Waals surface area contributed by atoms with Crippen LogP contribution in [0.1, 0.15) is 137 Å². The van der Waals surface area contributed by atoms with Gasteiger partial charge in [-0.3, -0.25) is 0 Å². The minimum atomic E-state index is 0.926. The van der Waals surface area contributed by atoms with Crippen molar-refractivity contribution >= 4 is 0 Å². The van der Waals surface area contributed by atoms with E-state index in [2.05, 4.69) is 39.5 Å². The van der Waals surface area contributed by atoms with Crippen molar-refractivity contribution in [2.45, 2.75) is 137 Å². The molecule has 0 saturated carbocycles. The molecule has 0 saturated heterocycles. The summed E-state index contributed by atoms with van der Waals surface area (Å²) >= 11 is 0. The van der Waals surface area contributed by atoms with Gasteiger partial charge in [-0.15, -0.1) is 11.8 Å². The lowest BCUT2D eigenvalue weighted by atomic mass is 9.93. The molecule has 0 bridgehead atoms. The van der Waals surface area contributed by atoms with Crippen LogP contribution in [0.3, 0.4) is 0 Å². The van der Waals surface area contributed by atoms with E-state index in [9.17, 15) is 0 Å². The quantitative estimate of drug-likeness (QED) is 0.182. The predicted octanol–water partition coefficient (Wildman–Crippen LogP) is 8.93. The van der Waals surface area contributed by atoms with E-state index >= 15 is 0 Å². The van der Waals surface area contributed by atoms with Gasteiger partial charge < -0.3 is 0 Å². The molecule has 0 heterocycles. The summed E-state index contributed by atoms with van der Waals surface area (Å²) in [6.07, 6.45) is 23.5. The predicted molar refractivity (Wildman–Crippen MR) is 116 cm³/mol. The zero-order chi connectivity index (χ0) is 18.6. The molecule has 0 aromatic heterocycles. The van der Waals surface area contributed by atoms with Crippen LogP contribution in [0, 0.1) is 23.7 Å². The summed E-state index contributed by atoms with van der Waals surface area (Å²) in [5.74, 6) is 8.29. The lowest BCUT2D eigenvalue weighted by Crippen LogP contribution is -1.98. The summed E-state index contributed by atoms with van der Waals surface area (Å²) < 4.78 is 0. The second kappa shape index (κ2) is 19.9. The SMILES string of the molecule is CCC#CCCCCCC(C)CCCCC(C)CCCCCCCC. The molecule has 0 aliphatic carbocycles. The minimum Gasteiger partial charge on any atom is -0.104 e. The van der Waals surface area contributed by atoms with Gasteiger partial charge in [-0.25, -0.2) is 0 Å². The largest absolute Gasteiger partial charge is 0.104 e. The highest BCUT2D eigenvalue weighted by atomic mass is 14.1. The van der Waals surface area contributed by atoms with Gasteiger partial charge in [0.25, 0.3) is 0 Å². The van der Waals surface area contributed by atoms with Gasteiger partial charge in [0, 0.05) is 12.8 Å². The van der Waals surface area contributed by atoms with Crippen LogP contribution in [0.4, 0.5) is 0 Å². The van der Waals surface area contributed by atoms with Crippen molar-refractivity contribution in [1.29, 1.82) is 0 Å². The van der Waals surface area contributed by atoms with E-state index in [1.807, 2.05) is 0 Å². The Hall–Kier alpha value is -0.440. The number of unbranched alkanes of at least 4 members (excludes halogenated alkanes) is 9. The molecule has 0 N–H and O–H groups in total. The van der Waals surface area contributed by atoms with E-state index in [1.165, 1.54) is 96.3 Å². The first-order chi connectivity index (χ1) is 12.2. The maximum atomic E-state index is 3.25. The molecule has 0 aliphatic heterocycles. The van der Waals surface area contributed by atoms with Crippen molar-refractivity contribution in [3.05, 3.63) is 0 Å². The zero-order valence-corrected chi connectivity index (χ0v) is 18.2. The minimum absolute atomic E-state index is 0.926. The average Bonchev–Trinajstić information content (AvgIpc) is 2.61. The van der Waals surface area contributed by atoms with E-state index in [-0.39, 0.29) is 0 Å². The fourth-order valence-electron chi connectivity index (χ4n) is 3.64. The molecule has 0 nitrogen and oxygen atoms in total. The Kier molecular flexibility index (Phi) is 19.5. The Bertz CT molecular complexity index is 306. The fourth-order valence-corrected chi connectivity index (χ4v) is 3.64. The third-order valence-electron chi connectivity index (χ3n) is 5.49. The van der Waals surface area contributed by atoms with Gasteiger partial charge >= 0.3 is 0 Å². The molecule has 0 radical (unpaired) electrons. The Morgan fingerprint density at radius 1 is 0.520 bits per heavy atom. The lowest BCUT2D eigenvalue weighted by molar-refractivity contribution is 0.402. The van der Waals surface area contributed by atoms with Crippen LogP contribution in [0.5, 0.6) is 0 Å². The topological polar surface area (TPSA) is 0 Å². The highest BCUT2D eigenvalue weighted by Gasteiger charge is 2.05. The van der Waals surface area contributed by atoms with Crippen LogP contribution in [0.15, 0.2) is 0 Å². The van der Waals surface area contributed by atoms with Gasteiger partial charge in [0.2, 0.25) is 0 Å². The molecule has 0 aromatic carbocycles. The fraction of sp³-hybridized carbons (Fsp3) is 0.920. The maximum absolute atomic E-state index is 3.25. The van der Waals surface area contributed by atoms with E-state index in [4.69, 9.17) is 0 Å². The third-order valence-corrected chi connectivity index (χ3v) is 5.49. The zero-order valence-electron chi connectivity index (χ0n) is 18.2. The summed E-state index contributed by atoms with van der Waals surface area (Å²) in [5.41, 5.74) is 0. The highest BCUT2D eigenvalue weighted by Crippen LogP contribution is 2.21. The maximum Gasteiger partial charge on any atom is 0.00886 e. The molecule has 0 aromatic rings. The van der Waals surface area contributed by atoms with Crippen LogP contribution in [0.2, 0.25) is 0 Å². The summed E-state index contributed by atoms with van der Waals surface area (Å²) in [7, 11) is 0. The normalized spacial score (nSPS) is 13.3. The summed E-state index contributed by atoms with van der Waals surface area (Å²) in [6.45, 7) is 9.35. The first-order valence-electron chi connectivity index (χ1n) is 11.7. The Labute approximate surface area is 160 Å². The van der Waals surface area contributed by atoms with Crippen molar-refractivity contribution in [2.24, 2.45) is 11.8 Å². The molecule has 0 fully saturated rings. The van der Waals surface area contributed by atoms with Crippen LogP contribution >= 0.6 is 0 Å². The molecule has 2 unspecified atom stereocenters. The van der Waals surface area contributed by atoms with Gasteiger partial charge in [0.1, 0.15) is 0 Å².